The summed E-state index contributed by atoms with van der Waals surface area (Å²) in [6.45, 7) is 0.179. The second kappa shape index (κ2) is 7.18. The average molecular weight is 355 g/mol. The number of benzene rings is 1. The number of nitro benzene ring substituents is 1. The van der Waals surface area contributed by atoms with Gasteiger partial charge in [0, 0.05) is 23.6 Å². The Morgan fingerprint density at radius 2 is 2.04 bits per heavy atom. The maximum Gasteiger partial charge on any atom is 0.270 e. The molecular weight excluding hydrogens is 338 g/mol. The second-order valence-electron chi connectivity index (χ2n) is 5.10. The highest BCUT2D eigenvalue weighted by atomic mass is 32.2. The van der Waals surface area contributed by atoms with Crippen LogP contribution in [-0.4, -0.2) is 38.9 Å². The topological polar surface area (TPSA) is 92.6 Å². The molecule has 124 valence electrons. The Labute approximate surface area is 138 Å². The minimum absolute atomic E-state index is 0.108. The van der Waals surface area contributed by atoms with Gasteiger partial charge in [-0.15, -0.1) is 11.3 Å². The van der Waals surface area contributed by atoms with Gasteiger partial charge in [-0.1, -0.05) is 12.1 Å². The fourth-order valence-electron chi connectivity index (χ4n) is 2.05. The summed E-state index contributed by atoms with van der Waals surface area (Å²) in [5.74, 6) is 0. The van der Waals surface area contributed by atoms with E-state index in [1.807, 2.05) is 36.5 Å². The number of nitro groups is 1. The highest BCUT2D eigenvalue weighted by Crippen LogP contribution is 2.23. The van der Waals surface area contributed by atoms with E-state index in [0.717, 1.165) is 10.9 Å². The lowest BCUT2D eigenvalue weighted by Crippen LogP contribution is -2.34. The summed E-state index contributed by atoms with van der Waals surface area (Å²) in [5, 5.41) is 12.7. The third-order valence-corrected chi connectivity index (χ3v) is 5.70. The Hall–Kier alpha value is -1.81. The molecule has 0 aliphatic heterocycles. The first-order valence-corrected chi connectivity index (χ1v) is 9.11. The van der Waals surface area contributed by atoms with E-state index in [4.69, 9.17) is 0 Å². The number of likely N-dealkylation sites (N-methyl/N-ethyl adjacent to an activating group) is 1. The molecule has 1 atom stereocenters. The molecule has 0 unspecified atom stereocenters. The SMILES string of the molecule is CN(C)[C@H](CNS(=O)(=O)c1cccc([N+](=O)[O-])c1)c1cccs1. The Balaban J connectivity index is 2.18. The minimum atomic E-state index is -3.81. The van der Waals surface area contributed by atoms with Crippen molar-refractivity contribution in [2.75, 3.05) is 20.6 Å². The van der Waals surface area contributed by atoms with Crippen LogP contribution in [0.1, 0.15) is 10.9 Å². The number of thiophene rings is 1. The van der Waals surface area contributed by atoms with Gasteiger partial charge in [-0.25, -0.2) is 13.1 Å². The van der Waals surface area contributed by atoms with Crippen molar-refractivity contribution < 1.29 is 13.3 Å². The predicted octanol–water partition coefficient (Wildman–Crippen LogP) is 2.24. The summed E-state index contributed by atoms with van der Waals surface area (Å²) in [6.07, 6.45) is 0. The number of rotatable bonds is 7. The van der Waals surface area contributed by atoms with Crippen molar-refractivity contribution in [2.24, 2.45) is 0 Å². The van der Waals surface area contributed by atoms with Crippen LogP contribution >= 0.6 is 11.3 Å². The Bertz CT molecular complexity index is 773. The van der Waals surface area contributed by atoms with Crippen molar-refractivity contribution in [3.63, 3.8) is 0 Å². The molecule has 0 radical (unpaired) electrons. The van der Waals surface area contributed by atoms with Crippen LogP contribution in [0.25, 0.3) is 0 Å². The fraction of sp³-hybridized carbons (Fsp3) is 0.286. The summed E-state index contributed by atoms with van der Waals surface area (Å²) in [6, 6.07) is 8.75. The highest BCUT2D eigenvalue weighted by Gasteiger charge is 2.21. The molecule has 1 N–H and O–H groups in total. The number of nitrogens with one attached hydrogen (secondary N) is 1. The van der Waals surface area contributed by atoms with Crippen LogP contribution in [0.15, 0.2) is 46.7 Å². The summed E-state index contributed by atoms with van der Waals surface area (Å²) in [7, 11) is -0.0782. The van der Waals surface area contributed by atoms with Gasteiger partial charge < -0.3 is 4.90 Å². The molecule has 2 aromatic rings. The third kappa shape index (κ3) is 4.35. The van der Waals surface area contributed by atoms with Crippen LogP contribution in [0.5, 0.6) is 0 Å². The normalized spacial score (nSPS) is 13.2. The smallest absolute Gasteiger partial charge is 0.270 e. The number of hydrogen-bond donors (Lipinski definition) is 1. The lowest BCUT2D eigenvalue weighted by Gasteiger charge is -2.23. The van der Waals surface area contributed by atoms with Gasteiger partial charge in [0.25, 0.3) is 5.69 Å². The second-order valence-corrected chi connectivity index (χ2v) is 7.85. The lowest BCUT2D eigenvalue weighted by atomic mass is 10.2. The van der Waals surface area contributed by atoms with E-state index in [0.29, 0.717) is 0 Å². The van der Waals surface area contributed by atoms with Gasteiger partial charge in [0.2, 0.25) is 10.0 Å². The maximum absolute atomic E-state index is 12.4. The van der Waals surface area contributed by atoms with Gasteiger partial charge >= 0.3 is 0 Å². The molecule has 2 rings (SSSR count). The zero-order valence-electron chi connectivity index (χ0n) is 12.7. The lowest BCUT2D eigenvalue weighted by molar-refractivity contribution is -0.385. The van der Waals surface area contributed by atoms with Crippen LogP contribution in [-0.2, 0) is 10.0 Å². The monoisotopic (exact) mass is 355 g/mol. The fourth-order valence-corrected chi connectivity index (χ4v) is 4.05. The molecule has 0 aliphatic carbocycles. The molecule has 0 amide bonds. The first-order chi connectivity index (χ1) is 10.8. The maximum atomic E-state index is 12.4. The van der Waals surface area contributed by atoms with Crippen molar-refractivity contribution in [1.82, 2.24) is 9.62 Å². The van der Waals surface area contributed by atoms with Crippen LogP contribution in [0.2, 0.25) is 0 Å². The zero-order valence-corrected chi connectivity index (χ0v) is 14.3. The van der Waals surface area contributed by atoms with Gasteiger partial charge in [0.15, 0.2) is 0 Å². The molecule has 9 heteroatoms. The summed E-state index contributed by atoms with van der Waals surface area (Å²) < 4.78 is 27.2. The van der Waals surface area contributed by atoms with E-state index >= 15 is 0 Å². The van der Waals surface area contributed by atoms with Crippen LogP contribution in [0.4, 0.5) is 5.69 Å². The summed E-state index contributed by atoms with van der Waals surface area (Å²) >= 11 is 1.55. The molecule has 0 aliphatic rings. The summed E-state index contributed by atoms with van der Waals surface area (Å²) in [5.41, 5.74) is -0.254. The number of sulfonamides is 1. The van der Waals surface area contributed by atoms with E-state index in [-0.39, 0.29) is 23.2 Å². The van der Waals surface area contributed by atoms with Gasteiger partial charge in [0.05, 0.1) is 15.9 Å². The third-order valence-electron chi connectivity index (χ3n) is 3.30. The van der Waals surface area contributed by atoms with E-state index < -0.39 is 14.9 Å². The number of hydrogen-bond acceptors (Lipinski definition) is 6. The molecule has 0 bridgehead atoms. The van der Waals surface area contributed by atoms with E-state index in [1.54, 1.807) is 11.3 Å². The number of nitrogens with zero attached hydrogens (tertiary/aromatic N) is 2. The van der Waals surface area contributed by atoms with Crippen molar-refractivity contribution in [2.45, 2.75) is 10.9 Å². The van der Waals surface area contributed by atoms with Crippen molar-refractivity contribution in [3.05, 3.63) is 56.8 Å². The van der Waals surface area contributed by atoms with E-state index in [2.05, 4.69) is 4.72 Å². The van der Waals surface area contributed by atoms with Gasteiger partial charge in [-0.05, 0) is 31.6 Å². The predicted molar refractivity (Wildman–Crippen MR) is 89.0 cm³/mol. The molecule has 7 nitrogen and oxygen atoms in total. The van der Waals surface area contributed by atoms with Crippen molar-refractivity contribution >= 4 is 27.0 Å². The Morgan fingerprint density at radius 1 is 1.30 bits per heavy atom. The molecule has 0 saturated carbocycles. The first kappa shape index (κ1) is 17.5. The molecule has 1 heterocycles. The molecule has 0 fully saturated rings. The molecule has 1 aromatic carbocycles. The Morgan fingerprint density at radius 3 is 2.61 bits per heavy atom. The largest absolute Gasteiger partial charge is 0.300 e. The molecule has 1 aromatic heterocycles. The van der Waals surface area contributed by atoms with Crippen molar-refractivity contribution in [3.8, 4) is 0 Å². The van der Waals surface area contributed by atoms with Crippen LogP contribution in [0, 0.1) is 10.1 Å². The Kier molecular flexibility index (Phi) is 5.47. The molecular formula is C14H17N3O4S2. The van der Waals surface area contributed by atoms with Crippen LogP contribution in [0.3, 0.4) is 0 Å². The van der Waals surface area contributed by atoms with Gasteiger partial charge in [-0.2, -0.15) is 0 Å². The van der Waals surface area contributed by atoms with Gasteiger partial charge in [-0.3, -0.25) is 10.1 Å². The van der Waals surface area contributed by atoms with E-state index in [9.17, 15) is 18.5 Å². The van der Waals surface area contributed by atoms with Crippen LogP contribution < -0.4 is 4.72 Å². The molecule has 23 heavy (non-hydrogen) atoms. The van der Waals surface area contributed by atoms with Gasteiger partial charge in [0.1, 0.15) is 0 Å². The highest BCUT2D eigenvalue weighted by molar-refractivity contribution is 7.89. The molecule has 0 spiro atoms. The average Bonchev–Trinajstić information content (AvgIpc) is 3.01. The van der Waals surface area contributed by atoms with E-state index in [1.165, 1.54) is 18.2 Å². The number of non-ortho nitro benzene ring substituents is 1. The first-order valence-electron chi connectivity index (χ1n) is 6.75. The quantitative estimate of drug-likeness (QED) is 0.607. The van der Waals surface area contributed by atoms with Crippen molar-refractivity contribution in [1.29, 1.82) is 0 Å². The summed E-state index contributed by atoms with van der Waals surface area (Å²) in [4.78, 5) is 13.0. The minimum Gasteiger partial charge on any atom is -0.300 e. The standard InChI is InChI=1S/C14H17N3O4S2/c1-16(2)13(14-7-4-8-22-14)10-15-23(20,21)12-6-3-5-11(9-12)17(18)19/h3-9,13,15H,10H2,1-2H3/t13-/m1/s1. The zero-order chi connectivity index (χ0) is 17.0. The molecule has 0 saturated heterocycles.